The van der Waals surface area contributed by atoms with Gasteiger partial charge in [0, 0.05) is 31.1 Å². The Labute approximate surface area is 112 Å². The van der Waals surface area contributed by atoms with Crippen LogP contribution in [0.15, 0.2) is 24.3 Å². The number of aryl methyl sites for hydroxylation is 1. The van der Waals surface area contributed by atoms with Gasteiger partial charge in [0.1, 0.15) is 11.4 Å². The molecule has 0 saturated carbocycles. The Hall–Kier alpha value is -2.01. The smallest absolute Gasteiger partial charge is 0.268 e. The lowest BCUT2D eigenvalue weighted by Gasteiger charge is -2.11. The van der Waals surface area contributed by atoms with E-state index < -0.39 is 0 Å². The largest absolute Gasteiger partial charge is 0.497 e. The third-order valence-corrected chi connectivity index (χ3v) is 3.22. The molecular weight excluding hydrogens is 242 g/mol. The molecule has 0 fully saturated rings. The van der Waals surface area contributed by atoms with Crippen LogP contribution in [0.3, 0.4) is 0 Å². The number of aromatic nitrogens is 1. The van der Waals surface area contributed by atoms with Crippen LogP contribution in [0, 0.1) is 0 Å². The number of carbonyl (C=O) groups is 1. The number of carbonyl (C=O) groups excluding carboxylic acids is 1. The first-order valence-electron chi connectivity index (χ1n) is 6.21. The molecule has 1 atom stereocenters. The van der Waals surface area contributed by atoms with Crippen molar-refractivity contribution in [2.75, 3.05) is 13.7 Å². The lowest BCUT2D eigenvalue weighted by molar-refractivity contribution is 0.0933. The molecule has 0 saturated heterocycles. The van der Waals surface area contributed by atoms with Crippen molar-refractivity contribution in [1.29, 1.82) is 0 Å². The van der Waals surface area contributed by atoms with E-state index >= 15 is 0 Å². The molecule has 1 aromatic carbocycles. The summed E-state index contributed by atoms with van der Waals surface area (Å²) < 4.78 is 7.06. The van der Waals surface area contributed by atoms with Crippen molar-refractivity contribution < 1.29 is 9.53 Å². The Balaban J connectivity index is 2.39. The Morgan fingerprint density at radius 1 is 1.47 bits per heavy atom. The van der Waals surface area contributed by atoms with E-state index in [0.29, 0.717) is 12.2 Å². The average molecular weight is 261 g/mol. The number of amides is 1. The summed E-state index contributed by atoms with van der Waals surface area (Å²) in [5.41, 5.74) is 7.09. The standard InChI is InChI=1S/C14H19N3O2/c1-9(8-15)16-14(18)13-6-10-4-5-11(19-3)7-12(10)17(13)2/h4-7,9H,8,15H2,1-3H3,(H,16,18). The van der Waals surface area contributed by atoms with Crippen LogP contribution < -0.4 is 15.8 Å². The topological polar surface area (TPSA) is 69.3 Å². The second kappa shape index (κ2) is 5.32. The number of benzene rings is 1. The van der Waals surface area contributed by atoms with Crippen molar-refractivity contribution in [3.05, 3.63) is 30.0 Å². The summed E-state index contributed by atoms with van der Waals surface area (Å²) in [5.74, 6) is 0.659. The fraction of sp³-hybridized carbons (Fsp3) is 0.357. The molecule has 0 aliphatic rings. The number of nitrogens with one attached hydrogen (secondary N) is 1. The first-order chi connectivity index (χ1) is 9.06. The van der Waals surface area contributed by atoms with E-state index in [9.17, 15) is 4.79 Å². The molecule has 1 heterocycles. The third kappa shape index (κ3) is 2.56. The van der Waals surface area contributed by atoms with Crippen molar-refractivity contribution in [2.24, 2.45) is 12.8 Å². The first-order valence-corrected chi connectivity index (χ1v) is 6.21. The number of hydrogen-bond donors (Lipinski definition) is 2. The number of fused-ring (bicyclic) bond motifs is 1. The van der Waals surface area contributed by atoms with Crippen LogP contribution in [-0.2, 0) is 7.05 Å². The molecule has 0 aliphatic heterocycles. The Morgan fingerprint density at radius 2 is 2.21 bits per heavy atom. The monoisotopic (exact) mass is 261 g/mol. The predicted octanol–water partition coefficient (Wildman–Crippen LogP) is 1.26. The van der Waals surface area contributed by atoms with E-state index in [2.05, 4.69) is 5.32 Å². The van der Waals surface area contributed by atoms with E-state index in [1.807, 2.05) is 42.8 Å². The van der Waals surface area contributed by atoms with Gasteiger partial charge in [-0.05, 0) is 25.1 Å². The highest BCUT2D eigenvalue weighted by Crippen LogP contribution is 2.23. The van der Waals surface area contributed by atoms with Crippen LogP contribution in [-0.4, -0.2) is 30.2 Å². The van der Waals surface area contributed by atoms with Crippen molar-refractivity contribution in [2.45, 2.75) is 13.0 Å². The highest BCUT2D eigenvalue weighted by atomic mass is 16.5. The SMILES string of the molecule is COc1ccc2cc(C(=O)NC(C)CN)n(C)c2c1. The van der Waals surface area contributed by atoms with Crippen molar-refractivity contribution in [1.82, 2.24) is 9.88 Å². The molecule has 19 heavy (non-hydrogen) atoms. The summed E-state index contributed by atoms with van der Waals surface area (Å²) in [5, 5.41) is 3.87. The molecule has 1 aromatic heterocycles. The summed E-state index contributed by atoms with van der Waals surface area (Å²) in [6.45, 7) is 2.30. The second-order valence-electron chi connectivity index (χ2n) is 4.62. The molecule has 1 amide bonds. The Bertz CT molecular complexity index is 604. The van der Waals surface area contributed by atoms with E-state index in [4.69, 9.17) is 10.5 Å². The molecule has 5 heteroatoms. The molecule has 3 N–H and O–H groups in total. The fourth-order valence-electron chi connectivity index (χ4n) is 2.01. The van der Waals surface area contributed by atoms with Gasteiger partial charge in [0.05, 0.1) is 12.6 Å². The minimum atomic E-state index is -0.115. The van der Waals surface area contributed by atoms with Gasteiger partial charge in [-0.25, -0.2) is 0 Å². The van der Waals surface area contributed by atoms with Crippen LogP contribution in [0.5, 0.6) is 5.75 Å². The van der Waals surface area contributed by atoms with Gasteiger partial charge in [-0.2, -0.15) is 0 Å². The lowest BCUT2D eigenvalue weighted by Crippen LogP contribution is -2.38. The average Bonchev–Trinajstić information content (AvgIpc) is 2.75. The molecule has 1 unspecified atom stereocenters. The number of hydrogen-bond acceptors (Lipinski definition) is 3. The Morgan fingerprint density at radius 3 is 2.84 bits per heavy atom. The van der Waals surface area contributed by atoms with Gasteiger partial charge in [-0.15, -0.1) is 0 Å². The summed E-state index contributed by atoms with van der Waals surface area (Å²) in [6, 6.07) is 7.57. The molecule has 0 aliphatic carbocycles. The predicted molar refractivity (Wildman–Crippen MR) is 75.5 cm³/mol. The number of rotatable bonds is 4. The molecule has 0 radical (unpaired) electrons. The van der Waals surface area contributed by atoms with E-state index in [1.54, 1.807) is 7.11 Å². The van der Waals surface area contributed by atoms with Gasteiger partial charge in [0.2, 0.25) is 0 Å². The molecule has 0 spiro atoms. The molecule has 2 aromatic rings. The van der Waals surface area contributed by atoms with Crippen LogP contribution in [0.4, 0.5) is 0 Å². The normalized spacial score (nSPS) is 12.4. The van der Waals surface area contributed by atoms with E-state index in [-0.39, 0.29) is 11.9 Å². The quantitative estimate of drug-likeness (QED) is 0.870. The molecular formula is C14H19N3O2. The van der Waals surface area contributed by atoms with Crippen molar-refractivity contribution in [3.8, 4) is 5.75 Å². The summed E-state index contributed by atoms with van der Waals surface area (Å²) in [4.78, 5) is 12.1. The number of methoxy groups -OCH3 is 1. The number of ether oxygens (including phenoxy) is 1. The highest BCUT2D eigenvalue weighted by Gasteiger charge is 2.15. The first kappa shape index (κ1) is 13.4. The minimum absolute atomic E-state index is 0.0416. The Kier molecular flexibility index (Phi) is 3.76. The zero-order valence-electron chi connectivity index (χ0n) is 11.4. The lowest BCUT2D eigenvalue weighted by atomic mass is 10.2. The summed E-state index contributed by atoms with van der Waals surface area (Å²) in [7, 11) is 3.49. The van der Waals surface area contributed by atoms with Crippen LogP contribution in [0.25, 0.3) is 10.9 Å². The zero-order chi connectivity index (χ0) is 14.0. The van der Waals surface area contributed by atoms with Gasteiger partial charge < -0.3 is 20.4 Å². The molecule has 2 rings (SSSR count). The van der Waals surface area contributed by atoms with Gasteiger partial charge in [0.25, 0.3) is 5.91 Å². The van der Waals surface area contributed by atoms with Crippen molar-refractivity contribution in [3.63, 3.8) is 0 Å². The van der Waals surface area contributed by atoms with Crippen LogP contribution >= 0.6 is 0 Å². The second-order valence-corrected chi connectivity index (χ2v) is 4.62. The van der Waals surface area contributed by atoms with E-state index in [1.165, 1.54) is 0 Å². The summed E-state index contributed by atoms with van der Waals surface area (Å²) in [6.07, 6.45) is 0. The minimum Gasteiger partial charge on any atom is -0.497 e. The maximum absolute atomic E-state index is 12.1. The molecule has 0 bridgehead atoms. The maximum Gasteiger partial charge on any atom is 0.268 e. The van der Waals surface area contributed by atoms with E-state index in [0.717, 1.165) is 16.7 Å². The van der Waals surface area contributed by atoms with Crippen LogP contribution in [0.1, 0.15) is 17.4 Å². The maximum atomic E-state index is 12.1. The van der Waals surface area contributed by atoms with Gasteiger partial charge in [-0.3, -0.25) is 4.79 Å². The molecule has 102 valence electrons. The van der Waals surface area contributed by atoms with Gasteiger partial charge in [-0.1, -0.05) is 0 Å². The van der Waals surface area contributed by atoms with Gasteiger partial charge >= 0.3 is 0 Å². The van der Waals surface area contributed by atoms with Crippen molar-refractivity contribution >= 4 is 16.8 Å². The van der Waals surface area contributed by atoms with Gasteiger partial charge in [0.15, 0.2) is 0 Å². The highest BCUT2D eigenvalue weighted by molar-refractivity contribution is 5.99. The summed E-state index contributed by atoms with van der Waals surface area (Å²) >= 11 is 0. The fourth-order valence-corrected chi connectivity index (χ4v) is 2.01. The van der Waals surface area contributed by atoms with Crippen LogP contribution in [0.2, 0.25) is 0 Å². The number of nitrogens with two attached hydrogens (primary N) is 1. The zero-order valence-corrected chi connectivity index (χ0v) is 11.4. The number of nitrogens with zero attached hydrogens (tertiary/aromatic N) is 1. The molecule has 5 nitrogen and oxygen atoms in total. The third-order valence-electron chi connectivity index (χ3n) is 3.22.